The van der Waals surface area contributed by atoms with E-state index in [-0.39, 0.29) is 34.6 Å². The fourth-order valence-corrected chi connectivity index (χ4v) is 5.12. The monoisotopic (exact) mass is 222 g/mol. The van der Waals surface area contributed by atoms with Gasteiger partial charge in [0.2, 0.25) is 0 Å². The molecule has 0 aromatic heterocycles. The molecule has 0 aliphatic heterocycles. The number of carbonyl (C=O) groups excluding carboxylic acids is 2. The molecule has 88 valence electrons. The summed E-state index contributed by atoms with van der Waals surface area (Å²) >= 11 is 0. The van der Waals surface area contributed by atoms with E-state index in [1.54, 1.807) is 0 Å². The van der Waals surface area contributed by atoms with Crippen molar-refractivity contribution >= 4 is 11.8 Å². The Hall–Kier alpha value is -0.860. The first-order valence-electron chi connectivity index (χ1n) is 6.09. The SMILES string of the molecule is COC(=O)[C@@]12CC[C@@]3(C)[C@@H](C1)C(=O)[C@@H](C)[C@@H]23. The molecule has 3 heteroatoms. The molecule has 0 aromatic carbocycles. The van der Waals surface area contributed by atoms with E-state index in [1.807, 2.05) is 6.92 Å². The maximum absolute atomic E-state index is 12.1. The van der Waals surface area contributed by atoms with E-state index in [0.29, 0.717) is 5.78 Å². The van der Waals surface area contributed by atoms with Crippen LogP contribution in [-0.2, 0) is 14.3 Å². The van der Waals surface area contributed by atoms with Crippen molar-refractivity contribution < 1.29 is 14.3 Å². The van der Waals surface area contributed by atoms with Gasteiger partial charge in [-0.25, -0.2) is 0 Å². The number of hydrogen-bond donors (Lipinski definition) is 0. The van der Waals surface area contributed by atoms with Crippen molar-refractivity contribution in [2.45, 2.75) is 33.1 Å². The van der Waals surface area contributed by atoms with Gasteiger partial charge in [0.25, 0.3) is 0 Å². The van der Waals surface area contributed by atoms with Crippen molar-refractivity contribution in [1.29, 1.82) is 0 Å². The second kappa shape index (κ2) is 2.69. The predicted octanol–water partition coefficient (Wildman–Crippen LogP) is 1.80. The lowest BCUT2D eigenvalue weighted by atomic mass is 9.68. The molecule has 3 nitrogen and oxygen atoms in total. The first kappa shape index (κ1) is 10.3. The second-order valence-corrected chi connectivity index (χ2v) is 6.08. The van der Waals surface area contributed by atoms with Crippen LogP contribution >= 0.6 is 0 Å². The minimum atomic E-state index is -0.332. The van der Waals surface area contributed by atoms with Crippen LogP contribution in [-0.4, -0.2) is 18.9 Å². The molecule has 0 N–H and O–H groups in total. The van der Waals surface area contributed by atoms with Gasteiger partial charge in [-0.05, 0) is 30.6 Å². The van der Waals surface area contributed by atoms with Gasteiger partial charge in [0.15, 0.2) is 0 Å². The third-order valence-corrected chi connectivity index (χ3v) is 5.66. The van der Waals surface area contributed by atoms with Crippen LogP contribution in [0.2, 0.25) is 0 Å². The number of esters is 1. The molecule has 0 aromatic rings. The minimum absolute atomic E-state index is 0.0466. The summed E-state index contributed by atoms with van der Waals surface area (Å²) in [6.07, 6.45) is 2.66. The Balaban J connectivity index is 2.10. The number of methoxy groups -OCH3 is 1. The number of hydrogen-bond acceptors (Lipinski definition) is 3. The highest BCUT2D eigenvalue weighted by atomic mass is 16.5. The fourth-order valence-electron chi connectivity index (χ4n) is 5.12. The van der Waals surface area contributed by atoms with Gasteiger partial charge < -0.3 is 4.74 Å². The van der Waals surface area contributed by atoms with Gasteiger partial charge >= 0.3 is 5.97 Å². The van der Waals surface area contributed by atoms with Gasteiger partial charge in [0.05, 0.1) is 12.5 Å². The quantitative estimate of drug-likeness (QED) is 0.635. The van der Waals surface area contributed by atoms with Gasteiger partial charge in [-0.2, -0.15) is 0 Å². The predicted molar refractivity (Wildman–Crippen MR) is 57.6 cm³/mol. The Morgan fingerprint density at radius 1 is 1.44 bits per heavy atom. The topological polar surface area (TPSA) is 43.4 Å². The third kappa shape index (κ3) is 0.802. The first-order chi connectivity index (χ1) is 7.47. The molecule has 0 unspecified atom stereocenters. The fraction of sp³-hybridized carbons (Fsp3) is 0.846. The van der Waals surface area contributed by atoms with Crippen LogP contribution in [0, 0.1) is 28.6 Å². The van der Waals surface area contributed by atoms with Crippen molar-refractivity contribution in [3.63, 3.8) is 0 Å². The van der Waals surface area contributed by atoms with Crippen molar-refractivity contribution in [2.75, 3.05) is 7.11 Å². The molecule has 3 aliphatic carbocycles. The average molecular weight is 222 g/mol. The molecule has 0 spiro atoms. The summed E-state index contributed by atoms with van der Waals surface area (Å²) < 4.78 is 4.99. The van der Waals surface area contributed by atoms with E-state index in [9.17, 15) is 9.59 Å². The van der Waals surface area contributed by atoms with Crippen molar-refractivity contribution in [3.8, 4) is 0 Å². The van der Waals surface area contributed by atoms with Crippen molar-refractivity contribution in [1.82, 2.24) is 0 Å². The summed E-state index contributed by atoms with van der Waals surface area (Å²) in [5.41, 5.74) is -0.258. The minimum Gasteiger partial charge on any atom is -0.469 e. The maximum Gasteiger partial charge on any atom is 0.312 e. The summed E-state index contributed by atoms with van der Waals surface area (Å²) in [5, 5.41) is 0. The molecular formula is C13H18O3. The van der Waals surface area contributed by atoms with E-state index < -0.39 is 0 Å². The van der Waals surface area contributed by atoms with Gasteiger partial charge in [-0.15, -0.1) is 0 Å². The normalized spacial score (nSPS) is 53.4. The largest absolute Gasteiger partial charge is 0.469 e. The molecule has 0 radical (unpaired) electrons. The van der Waals surface area contributed by atoms with Gasteiger partial charge in [-0.3, -0.25) is 9.59 Å². The summed E-state index contributed by atoms with van der Waals surface area (Å²) in [6.45, 7) is 4.19. The van der Waals surface area contributed by atoms with E-state index in [0.717, 1.165) is 19.3 Å². The van der Waals surface area contributed by atoms with E-state index in [2.05, 4.69) is 6.92 Å². The molecule has 3 aliphatic rings. The van der Waals surface area contributed by atoms with Crippen LogP contribution < -0.4 is 0 Å². The highest BCUT2D eigenvalue weighted by molar-refractivity contribution is 5.93. The van der Waals surface area contributed by atoms with Crippen molar-refractivity contribution in [2.24, 2.45) is 28.6 Å². The molecule has 5 atom stereocenters. The van der Waals surface area contributed by atoms with E-state index in [1.165, 1.54) is 7.11 Å². The molecule has 0 saturated heterocycles. The Morgan fingerprint density at radius 2 is 2.12 bits per heavy atom. The van der Waals surface area contributed by atoms with Crippen LogP contribution in [0.3, 0.4) is 0 Å². The zero-order valence-corrected chi connectivity index (χ0v) is 10.1. The molecular weight excluding hydrogens is 204 g/mol. The lowest BCUT2D eigenvalue weighted by Crippen LogP contribution is -2.42. The Morgan fingerprint density at radius 3 is 2.69 bits per heavy atom. The number of ketones is 1. The van der Waals surface area contributed by atoms with Crippen molar-refractivity contribution in [3.05, 3.63) is 0 Å². The van der Waals surface area contributed by atoms with E-state index in [4.69, 9.17) is 4.74 Å². The molecule has 3 fully saturated rings. The zero-order valence-electron chi connectivity index (χ0n) is 10.1. The van der Waals surface area contributed by atoms with Crippen LogP contribution in [0.25, 0.3) is 0 Å². The van der Waals surface area contributed by atoms with Gasteiger partial charge in [0.1, 0.15) is 5.78 Å². The second-order valence-electron chi connectivity index (χ2n) is 6.08. The zero-order chi connectivity index (χ0) is 11.7. The number of ether oxygens (including phenoxy) is 1. The average Bonchev–Trinajstić information content (AvgIpc) is 2.78. The number of rotatable bonds is 1. The van der Waals surface area contributed by atoms with Crippen LogP contribution in [0.4, 0.5) is 0 Å². The maximum atomic E-state index is 12.1. The molecule has 3 rings (SSSR count). The Labute approximate surface area is 95.5 Å². The molecule has 0 amide bonds. The highest BCUT2D eigenvalue weighted by Gasteiger charge is 2.75. The molecule has 4 bridgehead atoms. The number of carbonyl (C=O) groups is 2. The van der Waals surface area contributed by atoms with E-state index >= 15 is 0 Å². The van der Waals surface area contributed by atoms with Crippen LogP contribution in [0.1, 0.15) is 33.1 Å². The van der Waals surface area contributed by atoms with Crippen LogP contribution in [0.5, 0.6) is 0 Å². The van der Waals surface area contributed by atoms with Gasteiger partial charge in [-0.1, -0.05) is 13.8 Å². The van der Waals surface area contributed by atoms with Crippen LogP contribution in [0.15, 0.2) is 0 Å². The summed E-state index contributed by atoms with van der Waals surface area (Å²) in [5.74, 6) is 0.686. The standard InChI is InChI=1S/C13H18O3/c1-7-9(14)8-6-13(11(15)16-3)5-4-12(8,2)10(7)13/h7-8,10H,4-6H2,1-3H3/t7-,8+,10-,12+,13+/m1/s1. The summed E-state index contributed by atoms with van der Waals surface area (Å²) in [6, 6.07) is 0. The Bertz CT molecular complexity index is 389. The molecule has 16 heavy (non-hydrogen) atoms. The summed E-state index contributed by atoms with van der Waals surface area (Å²) in [4.78, 5) is 24.1. The highest BCUT2D eigenvalue weighted by Crippen LogP contribution is 2.74. The first-order valence-corrected chi connectivity index (χ1v) is 6.09. The van der Waals surface area contributed by atoms with Gasteiger partial charge in [0, 0.05) is 11.8 Å². The number of Topliss-reactive ketones (excluding diaryl/α,β-unsaturated/α-hetero) is 1. The Kier molecular flexibility index (Phi) is 1.73. The lowest BCUT2D eigenvalue weighted by molar-refractivity contribution is -0.158. The smallest absolute Gasteiger partial charge is 0.312 e. The summed E-state index contributed by atoms with van der Waals surface area (Å²) in [7, 11) is 1.46. The lowest BCUT2D eigenvalue weighted by Gasteiger charge is -2.35. The molecule has 0 heterocycles. The molecule has 3 saturated carbocycles. The third-order valence-electron chi connectivity index (χ3n) is 5.66.